The fourth-order valence-corrected chi connectivity index (χ4v) is 5.27. The second-order valence-electron chi connectivity index (χ2n) is 9.16. The summed E-state index contributed by atoms with van der Waals surface area (Å²) >= 11 is 0. The van der Waals surface area contributed by atoms with Crippen LogP contribution >= 0.6 is 0 Å². The van der Waals surface area contributed by atoms with E-state index in [-0.39, 0.29) is 23.5 Å². The second kappa shape index (κ2) is 11.1. The summed E-state index contributed by atoms with van der Waals surface area (Å²) in [5, 5.41) is 3.58. The molecule has 6 nitrogen and oxygen atoms in total. The minimum Gasteiger partial charge on any atom is -0.299 e. The van der Waals surface area contributed by atoms with Gasteiger partial charge in [0.2, 0.25) is 5.91 Å². The van der Waals surface area contributed by atoms with Gasteiger partial charge in [0.15, 0.2) is 0 Å². The van der Waals surface area contributed by atoms with Gasteiger partial charge in [0.05, 0.1) is 17.6 Å². The molecule has 1 heterocycles. The first kappa shape index (κ1) is 24.4. The predicted octanol–water partition coefficient (Wildman–Crippen LogP) is 3.08. The van der Waals surface area contributed by atoms with Crippen LogP contribution in [0.5, 0.6) is 0 Å². The molecule has 2 unspecified atom stereocenters. The number of rotatable bonds is 8. The summed E-state index contributed by atoms with van der Waals surface area (Å²) in [7, 11) is 3.74. The number of nitrogens with zero attached hydrogens (tertiary/aromatic N) is 2. The van der Waals surface area contributed by atoms with E-state index >= 15 is 0 Å². The number of hydrazine groups is 1. The van der Waals surface area contributed by atoms with E-state index in [1.165, 1.54) is 11.1 Å². The number of likely N-dealkylation sites (N-methyl/N-ethyl adjacent to an activating group) is 1. The lowest BCUT2D eigenvalue weighted by Crippen LogP contribution is -2.63. The van der Waals surface area contributed by atoms with Crippen molar-refractivity contribution in [1.29, 1.82) is 0 Å². The molecular weight excluding hydrogens is 422 g/mol. The quantitative estimate of drug-likeness (QED) is 0.530. The van der Waals surface area contributed by atoms with Crippen LogP contribution < -0.4 is 16.2 Å². The average Bonchev–Trinajstić information content (AvgIpc) is 2.90. The van der Waals surface area contributed by atoms with E-state index in [1.807, 2.05) is 14.0 Å². The van der Waals surface area contributed by atoms with Gasteiger partial charge >= 0.3 is 0 Å². The van der Waals surface area contributed by atoms with Crippen molar-refractivity contribution in [2.45, 2.75) is 25.0 Å². The van der Waals surface area contributed by atoms with Crippen molar-refractivity contribution >= 4 is 5.91 Å². The Kier molecular flexibility index (Phi) is 7.95. The summed E-state index contributed by atoms with van der Waals surface area (Å²) in [6.07, 6.45) is 7.23. The van der Waals surface area contributed by atoms with Gasteiger partial charge in [-0.25, -0.2) is 5.43 Å². The molecule has 0 radical (unpaired) electrons. The number of amides is 1. The maximum Gasteiger partial charge on any atom is 0.240 e. The average molecular weight is 460 g/mol. The standard InChI is InChI=1S/C28H37N5O/c1-22(27(34)31-30-3)25-15-10-16-28(21-25,29-2)33-19-17-32(18-20-33)26(23-11-6-4-7-12-23)24-13-8-5-9-14-24/h4-16,22,26,29-30H,17-21H2,1-3H3,(H,31,34). The summed E-state index contributed by atoms with van der Waals surface area (Å²) in [6, 6.07) is 21.9. The van der Waals surface area contributed by atoms with Crippen LogP contribution in [-0.2, 0) is 4.79 Å². The number of carbonyl (C=O) groups excluding carboxylic acids is 1. The van der Waals surface area contributed by atoms with Gasteiger partial charge in [0, 0.05) is 39.6 Å². The molecule has 1 aliphatic carbocycles. The largest absolute Gasteiger partial charge is 0.299 e. The summed E-state index contributed by atoms with van der Waals surface area (Å²) in [5.74, 6) is -0.195. The molecule has 1 saturated heterocycles. The van der Waals surface area contributed by atoms with Gasteiger partial charge in [-0.3, -0.25) is 25.3 Å². The first-order chi connectivity index (χ1) is 16.6. The molecule has 4 rings (SSSR count). The van der Waals surface area contributed by atoms with Gasteiger partial charge in [-0.15, -0.1) is 0 Å². The number of piperazine rings is 1. The Morgan fingerprint density at radius 3 is 2.03 bits per heavy atom. The molecule has 2 aliphatic rings. The zero-order valence-corrected chi connectivity index (χ0v) is 20.5. The van der Waals surface area contributed by atoms with Gasteiger partial charge < -0.3 is 0 Å². The molecule has 0 saturated carbocycles. The van der Waals surface area contributed by atoms with E-state index in [0.29, 0.717) is 0 Å². The van der Waals surface area contributed by atoms with Crippen LogP contribution in [0.3, 0.4) is 0 Å². The van der Waals surface area contributed by atoms with E-state index in [4.69, 9.17) is 0 Å². The molecule has 180 valence electrons. The van der Waals surface area contributed by atoms with E-state index in [0.717, 1.165) is 38.2 Å². The minimum absolute atomic E-state index is 0.00700. The van der Waals surface area contributed by atoms with E-state index in [1.54, 1.807) is 7.05 Å². The maximum atomic E-state index is 12.4. The summed E-state index contributed by atoms with van der Waals surface area (Å²) in [5.41, 5.74) is 9.00. The molecular formula is C28H37N5O. The molecule has 6 heteroatoms. The Morgan fingerprint density at radius 2 is 1.50 bits per heavy atom. The van der Waals surface area contributed by atoms with Crippen molar-refractivity contribution in [3.63, 3.8) is 0 Å². The molecule has 34 heavy (non-hydrogen) atoms. The van der Waals surface area contributed by atoms with E-state index < -0.39 is 0 Å². The highest BCUT2D eigenvalue weighted by molar-refractivity contribution is 5.80. The molecule has 0 bridgehead atoms. The lowest BCUT2D eigenvalue weighted by Gasteiger charge is -2.49. The third-order valence-electron chi connectivity index (χ3n) is 7.26. The number of hydrogen-bond donors (Lipinski definition) is 3. The Morgan fingerprint density at radius 1 is 0.912 bits per heavy atom. The number of allylic oxidation sites excluding steroid dienone is 2. The zero-order chi connectivity index (χ0) is 24.0. The fourth-order valence-electron chi connectivity index (χ4n) is 5.27. The van der Waals surface area contributed by atoms with Gasteiger partial charge in [-0.2, -0.15) is 0 Å². The highest BCUT2D eigenvalue weighted by atomic mass is 16.2. The maximum absolute atomic E-state index is 12.4. The third kappa shape index (κ3) is 5.15. The van der Waals surface area contributed by atoms with Crippen LogP contribution in [-0.4, -0.2) is 61.6 Å². The van der Waals surface area contributed by atoms with Crippen LogP contribution in [0, 0.1) is 5.92 Å². The van der Waals surface area contributed by atoms with Gasteiger partial charge in [0.25, 0.3) is 0 Å². The van der Waals surface area contributed by atoms with Crippen molar-refractivity contribution in [3.05, 3.63) is 95.6 Å². The smallest absolute Gasteiger partial charge is 0.240 e. The molecule has 0 spiro atoms. The molecule has 0 aromatic heterocycles. The van der Waals surface area contributed by atoms with Crippen molar-refractivity contribution in [2.24, 2.45) is 5.92 Å². The molecule has 2 aromatic carbocycles. The molecule has 2 atom stereocenters. The van der Waals surface area contributed by atoms with Gasteiger partial charge in [-0.1, -0.05) is 78.4 Å². The van der Waals surface area contributed by atoms with Crippen molar-refractivity contribution < 1.29 is 4.79 Å². The van der Waals surface area contributed by atoms with Crippen LogP contribution in [0.2, 0.25) is 0 Å². The van der Waals surface area contributed by atoms with Crippen LogP contribution in [0.4, 0.5) is 0 Å². The normalized spacial score (nSPS) is 22.4. The van der Waals surface area contributed by atoms with Gasteiger partial charge in [0.1, 0.15) is 0 Å². The molecule has 1 fully saturated rings. The number of carbonyl (C=O) groups is 1. The van der Waals surface area contributed by atoms with Crippen molar-refractivity contribution in [1.82, 2.24) is 26.0 Å². The molecule has 1 amide bonds. The highest BCUT2D eigenvalue weighted by Crippen LogP contribution is 2.34. The topological polar surface area (TPSA) is 59.6 Å². The van der Waals surface area contributed by atoms with Crippen LogP contribution in [0.15, 0.2) is 84.5 Å². The summed E-state index contributed by atoms with van der Waals surface area (Å²) in [6.45, 7) is 5.82. The Balaban J connectivity index is 1.49. The van der Waals surface area contributed by atoms with Crippen molar-refractivity contribution in [2.75, 3.05) is 40.3 Å². The Bertz CT molecular complexity index is 958. The highest BCUT2D eigenvalue weighted by Gasteiger charge is 2.39. The van der Waals surface area contributed by atoms with Crippen LogP contribution in [0.25, 0.3) is 0 Å². The minimum atomic E-state index is -0.278. The SMILES string of the molecule is CNNC(=O)C(C)C1=CC=CC(NC)(N2CCN(C(c3ccccc3)c3ccccc3)CC2)C1. The van der Waals surface area contributed by atoms with E-state index in [2.05, 4.69) is 105 Å². The third-order valence-corrected chi connectivity index (χ3v) is 7.26. The first-order valence-electron chi connectivity index (χ1n) is 12.2. The number of hydrogen-bond acceptors (Lipinski definition) is 5. The predicted molar refractivity (Wildman–Crippen MR) is 138 cm³/mol. The fraction of sp³-hybridized carbons (Fsp3) is 0.393. The number of benzene rings is 2. The monoisotopic (exact) mass is 459 g/mol. The lowest BCUT2D eigenvalue weighted by atomic mass is 9.85. The van der Waals surface area contributed by atoms with E-state index in [9.17, 15) is 4.79 Å². The number of nitrogens with one attached hydrogen (secondary N) is 3. The first-order valence-corrected chi connectivity index (χ1v) is 12.2. The van der Waals surface area contributed by atoms with Crippen molar-refractivity contribution in [3.8, 4) is 0 Å². The zero-order valence-electron chi connectivity index (χ0n) is 20.5. The second-order valence-corrected chi connectivity index (χ2v) is 9.16. The summed E-state index contributed by atoms with van der Waals surface area (Å²) < 4.78 is 0. The van der Waals surface area contributed by atoms with Crippen LogP contribution in [0.1, 0.15) is 30.5 Å². The molecule has 2 aromatic rings. The summed E-state index contributed by atoms with van der Waals surface area (Å²) in [4.78, 5) is 17.6. The van der Waals surface area contributed by atoms with Gasteiger partial charge in [-0.05, 0) is 31.2 Å². The Labute approximate surface area is 203 Å². The Hall–Kier alpha value is -2.77. The lowest BCUT2D eigenvalue weighted by molar-refractivity contribution is -0.124. The molecule has 3 N–H and O–H groups in total. The molecule has 1 aliphatic heterocycles.